The van der Waals surface area contributed by atoms with E-state index in [1.54, 1.807) is 31.2 Å². The molecule has 2 N–H and O–H groups in total. The van der Waals surface area contributed by atoms with Gasteiger partial charge in [-0.15, -0.1) is 0 Å². The van der Waals surface area contributed by atoms with Crippen molar-refractivity contribution in [1.29, 1.82) is 0 Å². The molecule has 0 saturated carbocycles. The molecule has 0 aliphatic heterocycles. The Labute approximate surface area is 219 Å². The zero-order valence-corrected chi connectivity index (χ0v) is 22.2. The van der Waals surface area contributed by atoms with Gasteiger partial charge in [-0.1, -0.05) is 30.3 Å². The van der Waals surface area contributed by atoms with E-state index in [9.17, 15) is 28.2 Å². The molecule has 38 heavy (non-hydrogen) atoms. The summed E-state index contributed by atoms with van der Waals surface area (Å²) in [4.78, 5) is 46.3. The van der Waals surface area contributed by atoms with Gasteiger partial charge in [0.2, 0.25) is 7.37 Å². The molecular weight excluding hydrogens is 524 g/mol. The molecule has 0 bridgehead atoms. The summed E-state index contributed by atoms with van der Waals surface area (Å²) in [6.45, 7) is 1.16. The van der Waals surface area contributed by atoms with E-state index in [1.165, 1.54) is 13.2 Å². The number of carbonyl (C=O) groups excluding carboxylic acids is 3. The number of esters is 2. The lowest BCUT2D eigenvalue weighted by Crippen LogP contribution is -2.42. The maximum absolute atomic E-state index is 14.7. The maximum Gasteiger partial charge on any atom is 0.408 e. The monoisotopic (exact) mass is 555 g/mol. The highest BCUT2D eigenvalue weighted by Gasteiger charge is 2.28. The van der Waals surface area contributed by atoms with Crippen LogP contribution in [-0.4, -0.2) is 62.6 Å². The summed E-state index contributed by atoms with van der Waals surface area (Å²) in [5.41, 5.74) is 0.857. The van der Waals surface area contributed by atoms with Crippen LogP contribution in [0.3, 0.4) is 0 Å². The molecule has 2 unspecified atom stereocenters. The molecule has 0 aliphatic carbocycles. The summed E-state index contributed by atoms with van der Waals surface area (Å²) in [5.74, 6) is -2.85. The zero-order chi connectivity index (χ0) is 28.1. The van der Waals surface area contributed by atoms with Gasteiger partial charge in [-0.25, -0.2) is 18.8 Å². The van der Waals surface area contributed by atoms with Crippen LogP contribution in [0.1, 0.15) is 24.5 Å². The number of amides is 1. The largest absolute Gasteiger partial charge is 0.493 e. The molecule has 0 radical (unpaired) electrons. The molecule has 2 aromatic rings. The first-order chi connectivity index (χ1) is 18.1. The van der Waals surface area contributed by atoms with E-state index in [2.05, 4.69) is 10.1 Å². The van der Waals surface area contributed by atoms with Crippen molar-refractivity contribution >= 4 is 25.4 Å². The molecule has 0 aliphatic rings. The number of ether oxygens (including phenoxy) is 5. The van der Waals surface area contributed by atoms with Crippen LogP contribution < -0.4 is 14.8 Å². The van der Waals surface area contributed by atoms with E-state index in [-0.39, 0.29) is 36.7 Å². The lowest BCUT2D eigenvalue weighted by atomic mass is 10.2. The number of methoxy groups -OCH3 is 2. The minimum Gasteiger partial charge on any atom is -0.493 e. The third-order valence-corrected chi connectivity index (χ3v) is 6.93. The van der Waals surface area contributed by atoms with E-state index >= 15 is 0 Å². The Bertz CT molecular complexity index is 1140. The Morgan fingerprint density at radius 2 is 1.79 bits per heavy atom. The summed E-state index contributed by atoms with van der Waals surface area (Å²) in [5, 5.41) is 2.34. The number of halogens is 1. The summed E-state index contributed by atoms with van der Waals surface area (Å²) in [6, 6.07) is 9.92. The molecule has 2 aromatic carbocycles. The Hall–Kier alpha value is -3.63. The zero-order valence-electron chi connectivity index (χ0n) is 21.3. The van der Waals surface area contributed by atoms with E-state index < -0.39 is 56.2 Å². The van der Waals surface area contributed by atoms with Crippen molar-refractivity contribution < 1.29 is 51.9 Å². The van der Waals surface area contributed by atoms with Gasteiger partial charge in [0.1, 0.15) is 12.6 Å². The number of hydrogen-bond acceptors (Lipinski definition) is 9. The number of rotatable bonds is 14. The highest BCUT2D eigenvalue weighted by Crippen LogP contribution is 2.46. The fraction of sp³-hybridized carbons (Fsp3) is 0.400. The normalized spacial score (nSPS) is 13.0. The average molecular weight is 555 g/mol. The van der Waals surface area contributed by atoms with Crippen molar-refractivity contribution in [2.75, 3.05) is 33.6 Å². The Morgan fingerprint density at radius 1 is 1.08 bits per heavy atom. The second-order valence-corrected chi connectivity index (χ2v) is 10.5. The van der Waals surface area contributed by atoms with Crippen LogP contribution in [0.15, 0.2) is 42.5 Å². The third-order valence-electron chi connectivity index (χ3n) is 5.12. The van der Waals surface area contributed by atoms with Gasteiger partial charge in [0.15, 0.2) is 23.9 Å². The van der Waals surface area contributed by atoms with Gasteiger partial charge in [-0.05, 0) is 36.6 Å². The topological polar surface area (TPSA) is 147 Å². The first-order valence-corrected chi connectivity index (χ1v) is 13.6. The molecule has 0 aromatic heterocycles. The SMILES string of the molecule is CCOC(=O)COc1c(F)cc(CP(=O)(O)CCC(NC(=O)OCc2ccccc2)C(=O)OC)cc1OC. The second kappa shape index (κ2) is 14.9. The van der Waals surface area contributed by atoms with Crippen molar-refractivity contribution in [3.05, 3.63) is 59.4 Å². The maximum atomic E-state index is 14.7. The molecule has 2 atom stereocenters. The number of carbonyl (C=O) groups is 3. The third kappa shape index (κ3) is 10.0. The van der Waals surface area contributed by atoms with Gasteiger partial charge < -0.3 is 33.9 Å². The minimum atomic E-state index is -3.97. The minimum absolute atomic E-state index is 0.0358. The van der Waals surface area contributed by atoms with Crippen molar-refractivity contribution in [3.63, 3.8) is 0 Å². The second-order valence-electron chi connectivity index (χ2n) is 8.00. The molecule has 0 heterocycles. The van der Waals surface area contributed by atoms with Gasteiger partial charge in [-0.2, -0.15) is 0 Å². The van der Waals surface area contributed by atoms with Crippen molar-refractivity contribution in [1.82, 2.24) is 5.32 Å². The standard InChI is InChI=1S/C25H31FNO10P/c1-4-35-22(28)15-36-23-19(26)12-18(13-21(23)33-2)16-38(31,32)11-10-20(24(29)34-3)27-25(30)37-14-17-8-6-5-7-9-17/h5-9,12-13,20H,4,10-11,14-16H2,1-3H3,(H,27,30)(H,31,32). The van der Waals surface area contributed by atoms with Crippen LogP contribution in [0.25, 0.3) is 0 Å². The molecule has 11 nitrogen and oxygen atoms in total. The quantitative estimate of drug-likeness (QED) is 0.202. The fourth-order valence-corrected chi connectivity index (χ4v) is 4.90. The van der Waals surface area contributed by atoms with Gasteiger partial charge >= 0.3 is 18.0 Å². The number of alkyl carbamates (subject to hydrolysis) is 1. The highest BCUT2D eigenvalue weighted by atomic mass is 31.2. The van der Waals surface area contributed by atoms with Gasteiger partial charge in [-0.3, -0.25) is 4.57 Å². The van der Waals surface area contributed by atoms with E-state index in [0.717, 1.165) is 18.7 Å². The lowest BCUT2D eigenvalue weighted by molar-refractivity contribution is -0.145. The van der Waals surface area contributed by atoms with E-state index in [0.29, 0.717) is 0 Å². The smallest absolute Gasteiger partial charge is 0.408 e. The molecular formula is C25H31FNO10P. The van der Waals surface area contributed by atoms with Crippen LogP contribution in [0.4, 0.5) is 9.18 Å². The summed E-state index contributed by atoms with van der Waals surface area (Å²) < 4.78 is 52.3. The van der Waals surface area contributed by atoms with Crippen LogP contribution in [0, 0.1) is 5.82 Å². The molecule has 2 rings (SSSR count). The Kier molecular flexibility index (Phi) is 12.0. The van der Waals surface area contributed by atoms with Crippen molar-refractivity contribution in [2.45, 2.75) is 32.2 Å². The molecule has 13 heteroatoms. The van der Waals surface area contributed by atoms with Crippen molar-refractivity contribution in [2.24, 2.45) is 0 Å². The van der Waals surface area contributed by atoms with Crippen molar-refractivity contribution in [3.8, 4) is 11.5 Å². The Balaban J connectivity index is 2.01. The number of hydrogen-bond donors (Lipinski definition) is 2. The van der Waals surface area contributed by atoms with E-state index in [1.807, 2.05) is 6.07 Å². The molecule has 208 valence electrons. The van der Waals surface area contributed by atoms with E-state index in [4.69, 9.17) is 18.9 Å². The van der Waals surface area contributed by atoms with Gasteiger partial charge in [0.25, 0.3) is 0 Å². The van der Waals surface area contributed by atoms with Crippen LogP contribution in [0.5, 0.6) is 11.5 Å². The molecule has 0 spiro atoms. The number of nitrogens with one attached hydrogen (secondary N) is 1. The molecule has 1 amide bonds. The summed E-state index contributed by atoms with van der Waals surface area (Å²) in [7, 11) is -1.60. The van der Waals surface area contributed by atoms with Gasteiger partial charge in [0.05, 0.1) is 20.8 Å². The molecule has 0 saturated heterocycles. The predicted octanol–water partition coefficient (Wildman–Crippen LogP) is 3.40. The number of benzene rings is 2. The first kappa shape index (κ1) is 30.6. The fourth-order valence-electron chi connectivity index (χ4n) is 3.33. The molecule has 0 fully saturated rings. The summed E-state index contributed by atoms with van der Waals surface area (Å²) >= 11 is 0. The lowest BCUT2D eigenvalue weighted by Gasteiger charge is -2.19. The van der Waals surface area contributed by atoms with Crippen LogP contribution in [0.2, 0.25) is 0 Å². The van der Waals surface area contributed by atoms with Crippen LogP contribution in [-0.2, 0) is 41.1 Å². The predicted molar refractivity (Wildman–Crippen MR) is 134 cm³/mol. The average Bonchev–Trinajstić information content (AvgIpc) is 2.89. The van der Waals surface area contributed by atoms with Gasteiger partial charge in [0, 0.05) is 12.3 Å². The summed E-state index contributed by atoms with van der Waals surface area (Å²) in [6.07, 6.45) is -1.98. The highest BCUT2D eigenvalue weighted by molar-refractivity contribution is 7.57. The van der Waals surface area contributed by atoms with Crippen LogP contribution >= 0.6 is 7.37 Å². The Morgan fingerprint density at radius 3 is 2.42 bits per heavy atom. The first-order valence-electron chi connectivity index (χ1n) is 11.6.